The van der Waals surface area contributed by atoms with Crippen LogP contribution in [0.3, 0.4) is 0 Å². The van der Waals surface area contributed by atoms with Gasteiger partial charge in [0.1, 0.15) is 0 Å². The zero-order chi connectivity index (χ0) is 13.1. The molecule has 5 atom stereocenters. The van der Waals surface area contributed by atoms with E-state index in [1.54, 1.807) is 0 Å². The van der Waals surface area contributed by atoms with Gasteiger partial charge in [-0.2, -0.15) is 0 Å². The summed E-state index contributed by atoms with van der Waals surface area (Å²) in [5, 5.41) is 19.4. The Morgan fingerprint density at radius 2 is 1.88 bits per heavy atom. The molecule has 2 rings (SSSR count). The van der Waals surface area contributed by atoms with Crippen molar-refractivity contribution in [1.82, 2.24) is 0 Å². The molecule has 0 spiro atoms. The molecule has 0 aliphatic heterocycles. The van der Waals surface area contributed by atoms with E-state index < -0.39 is 0 Å². The topological polar surface area (TPSA) is 40.5 Å². The number of aliphatic hydroxyl groups excluding tert-OH is 2. The normalized spacial score (nSPS) is 42.4. The van der Waals surface area contributed by atoms with Crippen LogP contribution >= 0.6 is 0 Å². The van der Waals surface area contributed by atoms with Crippen LogP contribution in [0.2, 0.25) is 0 Å². The largest absolute Gasteiger partial charge is 0.396 e. The molecule has 0 bridgehead atoms. The number of fused-ring (bicyclic) bond motifs is 1. The van der Waals surface area contributed by atoms with Crippen molar-refractivity contribution in [2.75, 3.05) is 6.61 Å². The molecule has 2 N–H and O–H groups in total. The fraction of sp³-hybridized carbons (Fsp3) is 1.00. The minimum Gasteiger partial charge on any atom is -0.396 e. The van der Waals surface area contributed by atoms with Gasteiger partial charge in [-0.05, 0) is 48.9 Å². The Labute approximate surface area is 106 Å². The van der Waals surface area contributed by atoms with Crippen molar-refractivity contribution in [2.24, 2.45) is 23.2 Å². The highest BCUT2D eigenvalue weighted by molar-refractivity contribution is 5.01. The van der Waals surface area contributed by atoms with Gasteiger partial charge in [0.25, 0.3) is 0 Å². The highest BCUT2D eigenvalue weighted by atomic mass is 16.3. The van der Waals surface area contributed by atoms with E-state index in [4.69, 9.17) is 0 Å². The van der Waals surface area contributed by atoms with Gasteiger partial charge in [0, 0.05) is 6.61 Å². The third kappa shape index (κ3) is 2.68. The summed E-state index contributed by atoms with van der Waals surface area (Å²) in [4.78, 5) is 0. The molecular weight excluding hydrogens is 212 g/mol. The second-order valence-electron chi connectivity index (χ2n) is 5.92. The van der Waals surface area contributed by atoms with E-state index in [-0.39, 0.29) is 6.10 Å². The summed E-state index contributed by atoms with van der Waals surface area (Å²) in [5.74, 6) is 1.50. The predicted octanol–water partition coefficient (Wildman–Crippen LogP) is 3.22. The van der Waals surface area contributed by atoms with Crippen LogP contribution in [0.25, 0.3) is 0 Å². The number of aliphatic hydroxyl groups is 2. The van der Waals surface area contributed by atoms with E-state index in [0.29, 0.717) is 29.8 Å². The summed E-state index contributed by atoms with van der Waals surface area (Å²) in [6.45, 7) is 8.78. The molecule has 2 fully saturated rings. The third-order valence-corrected chi connectivity index (χ3v) is 5.14. The maximum Gasteiger partial charge on any atom is 0.0573 e. The number of rotatable bonds is 2. The van der Waals surface area contributed by atoms with Crippen molar-refractivity contribution < 1.29 is 10.2 Å². The van der Waals surface area contributed by atoms with Crippen LogP contribution in [0.5, 0.6) is 0 Å². The molecule has 17 heavy (non-hydrogen) atoms. The van der Waals surface area contributed by atoms with Crippen molar-refractivity contribution in [2.45, 2.75) is 65.9 Å². The van der Waals surface area contributed by atoms with Crippen LogP contribution < -0.4 is 0 Å². The summed E-state index contributed by atoms with van der Waals surface area (Å²) in [6, 6.07) is 0. The molecule has 0 aromatic carbocycles. The predicted molar refractivity (Wildman–Crippen MR) is 71.8 cm³/mol. The van der Waals surface area contributed by atoms with Crippen molar-refractivity contribution in [3.63, 3.8) is 0 Å². The molecule has 2 saturated carbocycles. The van der Waals surface area contributed by atoms with Crippen LogP contribution in [0.15, 0.2) is 0 Å². The summed E-state index contributed by atoms with van der Waals surface area (Å²) >= 11 is 0. The van der Waals surface area contributed by atoms with Gasteiger partial charge in [0.05, 0.1) is 6.10 Å². The zero-order valence-electron chi connectivity index (χ0n) is 11.9. The maximum absolute atomic E-state index is 10.1. The van der Waals surface area contributed by atoms with E-state index in [1.807, 2.05) is 13.8 Å². The zero-order valence-corrected chi connectivity index (χ0v) is 11.9. The van der Waals surface area contributed by atoms with Crippen LogP contribution in [0.4, 0.5) is 0 Å². The molecule has 2 nitrogen and oxygen atoms in total. The monoisotopic (exact) mass is 242 g/mol. The van der Waals surface area contributed by atoms with Gasteiger partial charge in [0.15, 0.2) is 0 Å². The molecular formula is C15H30O2. The molecule has 102 valence electrons. The molecule has 0 aromatic rings. The van der Waals surface area contributed by atoms with Gasteiger partial charge < -0.3 is 10.2 Å². The summed E-state index contributed by atoms with van der Waals surface area (Å²) in [5.41, 5.74) is 0.291. The van der Waals surface area contributed by atoms with Gasteiger partial charge in [-0.15, -0.1) is 0 Å². The fourth-order valence-corrected chi connectivity index (χ4v) is 4.25. The van der Waals surface area contributed by atoms with Gasteiger partial charge in [0.2, 0.25) is 0 Å². The minimum absolute atomic E-state index is 0.0837. The first kappa shape index (κ1) is 15.0. The summed E-state index contributed by atoms with van der Waals surface area (Å²) in [7, 11) is 0. The van der Waals surface area contributed by atoms with E-state index in [1.165, 1.54) is 12.8 Å². The molecule has 2 heteroatoms. The molecule has 0 aromatic heterocycles. The van der Waals surface area contributed by atoms with Crippen LogP contribution in [-0.2, 0) is 0 Å². The Morgan fingerprint density at radius 1 is 1.24 bits per heavy atom. The average Bonchev–Trinajstić information content (AvgIpc) is 2.69. The highest BCUT2D eigenvalue weighted by Gasteiger charge is 2.51. The molecule has 2 aliphatic rings. The standard InChI is InChI=1S/C13H24O2.C2H6/c1-9(8-14)10-5-6-11-12(15)4-3-7-13(10,11)2;1-2/h9-12,14-15H,3-8H2,1-2H3;1-2H3. The van der Waals surface area contributed by atoms with Gasteiger partial charge in [-0.1, -0.05) is 34.1 Å². The van der Waals surface area contributed by atoms with Gasteiger partial charge in [-0.3, -0.25) is 0 Å². The Hall–Kier alpha value is -0.0800. The Balaban J connectivity index is 0.000000686. The fourth-order valence-electron chi connectivity index (χ4n) is 4.25. The summed E-state index contributed by atoms with van der Waals surface area (Å²) < 4.78 is 0. The lowest BCUT2D eigenvalue weighted by atomic mass is 9.62. The first-order valence-corrected chi connectivity index (χ1v) is 7.38. The third-order valence-electron chi connectivity index (χ3n) is 5.14. The average molecular weight is 242 g/mol. The van der Waals surface area contributed by atoms with E-state index >= 15 is 0 Å². The van der Waals surface area contributed by atoms with Crippen molar-refractivity contribution in [1.29, 1.82) is 0 Å². The molecule has 0 radical (unpaired) electrons. The second kappa shape index (κ2) is 6.19. The second-order valence-corrected chi connectivity index (χ2v) is 5.92. The smallest absolute Gasteiger partial charge is 0.0573 e. The lowest BCUT2D eigenvalue weighted by Gasteiger charge is -2.45. The Morgan fingerprint density at radius 3 is 2.47 bits per heavy atom. The highest BCUT2D eigenvalue weighted by Crippen LogP contribution is 2.57. The Bertz CT molecular complexity index is 229. The molecule has 5 unspecified atom stereocenters. The van der Waals surface area contributed by atoms with Crippen molar-refractivity contribution >= 4 is 0 Å². The van der Waals surface area contributed by atoms with Crippen molar-refractivity contribution in [3.05, 3.63) is 0 Å². The number of hydrogen-bond donors (Lipinski definition) is 2. The lowest BCUT2D eigenvalue weighted by molar-refractivity contribution is -0.0321. The first-order chi connectivity index (χ1) is 8.09. The van der Waals surface area contributed by atoms with E-state index in [0.717, 1.165) is 19.3 Å². The molecule has 0 heterocycles. The van der Waals surface area contributed by atoms with Crippen molar-refractivity contribution in [3.8, 4) is 0 Å². The lowest BCUT2D eigenvalue weighted by Crippen LogP contribution is -2.41. The first-order valence-electron chi connectivity index (χ1n) is 7.38. The van der Waals surface area contributed by atoms with E-state index in [9.17, 15) is 10.2 Å². The van der Waals surface area contributed by atoms with Gasteiger partial charge in [-0.25, -0.2) is 0 Å². The maximum atomic E-state index is 10.1. The van der Waals surface area contributed by atoms with Gasteiger partial charge >= 0.3 is 0 Å². The summed E-state index contributed by atoms with van der Waals surface area (Å²) in [6.07, 6.45) is 5.65. The molecule has 2 aliphatic carbocycles. The SMILES string of the molecule is CC.CC(CO)C1CCC2C(O)CCCC12C. The quantitative estimate of drug-likeness (QED) is 0.780. The molecule has 0 amide bonds. The minimum atomic E-state index is -0.0837. The number of hydrogen-bond acceptors (Lipinski definition) is 2. The van der Waals surface area contributed by atoms with Crippen LogP contribution in [0, 0.1) is 23.2 Å². The van der Waals surface area contributed by atoms with Crippen LogP contribution in [0.1, 0.15) is 59.8 Å². The molecule has 0 saturated heterocycles. The Kier molecular flexibility index (Phi) is 5.46. The van der Waals surface area contributed by atoms with Crippen LogP contribution in [-0.4, -0.2) is 22.9 Å². The van der Waals surface area contributed by atoms with E-state index in [2.05, 4.69) is 13.8 Å².